The van der Waals surface area contributed by atoms with E-state index in [4.69, 9.17) is 15.0 Å². The fourth-order valence-corrected chi connectivity index (χ4v) is 7.95. The van der Waals surface area contributed by atoms with Crippen molar-refractivity contribution >= 4 is 60.7 Å². The molecule has 0 N–H and O–H groups in total. The quantitative estimate of drug-likeness (QED) is 0.190. The van der Waals surface area contributed by atoms with Crippen LogP contribution in [0.2, 0.25) is 0 Å². The molecule has 1 aliphatic heterocycles. The summed E-state index contributed by atoms with van der Waals surface area (Å²) < 4.78 is 4.69. The molecule has 0 bridgehead atoms. The second kappa shape index (κ2) is 10.7. The molecule has 51 heavy (non-hydrogen) atoms. The molecule has 3 aromatic heterocycles. The Hall–Kier alpha value is -7.05. The van der Waals surface area contributed by atoms with E-state index in [0.29, 0.717) is 17.6 Å². The van der Waals surface area contributed by atoms with Crippen LogP contribution in [0.25, 0.3) is 78.0 Å². The van der Waals surface area contributed by atoms with Crippen LogP contribution >= 0.6 is 0 Å². The number of anilines is 3. The van der Waals surface area contributed by atoms with Gasteiger partial charge in [-0.25, -0.2) is 4.98 Å². The van der Waals surface area contributed by atoms with E-state index < -0.39 is 0 Å². The number of aromatic nitrogens is 5. The minimum absolute atomic E-state index is 0.583. The van der Waals surface area contributed by atoms with Gasteiger partial charge in [0.05, 0.1) is 39.1 Å². The van der Waals surface area contributed by atoms with Crippen molar-refractivity contribution in [3.8, 4) is 34.4 Å². The van der Waals surface area contributed by atoms with Crippen LogP contribution in [-0.2, 0) is 0 Å². The summed E-state index contributed by atoms with van der Waals surface area (Å²) >= 11 is 0. The zero-order valence-corrected chi connectivity index (χ0v) is 27.3. The van der Waals surface area contributed by atoms with Crippen molar-refractivity contribution in [3.63, 3.8) is 0 Å². The summed E-state index contributed by atoms with van der Waals surface area (Å²) in [5.41, 5.74) is 10.9. The normalized spacial score (nSPS) is 12.3. The van der Waals surface area contributed by atoms with Gasteiger partial charge in [-0.3, -0.25) is 4.57 Å². The fourth-order valence-electron chi connectivity index (χ4n) is 7.95. The highest BCUT2D eigenvalue weighted by Crippen LogP contribution is 2.51. The minimum Gasteiger partial charge on any atom is -0.306 e. The zero-order chi connectivity index (χ0) is 33.5. The van der Waals surface area contributed by atoms with Gasteiger partial charge in [0, 0.05) is 38.4 Å². The summed E-state index contributed by atoms with van der Waals surface area (Å²) in [6.45, 7) is 0. The van der Waals surface area contributed by atoms with Crippen molar-refractivity contribution in [1.82, 2.24) is 24.1 Å². The Bertz CT molecular complexity index is 2910. The van der Waals surface area contributed by atoms with E-state index in [2.05, 4.69) is 123 Å². The Kier molecular flexibility index (Phi) is 5.86. The molecule has 6 nitrogen and oxygen atoms in total. The van der Waals surface area contributed by atoms with E-state index in [1.165, 1.54) is 21.8 Å². The predicted octanol–water partition coefficient (Wildman–Crippen LogP) is 11.2. The molecule has 0 saturated heterocycles. The molecule has 11 rings (SSSR count). The molecule has 0 spiro atoms. The van der Waals surface area contributed by atoms with Gasteiger partial charge in [0.1, 0.15) is 0 Å². The molecule has 0 atom stereocenters. The Balaban J connectivity index is 1.27. The third-order valence-electron chi connectivity index (χ3n) is 10.1. The summed E-state index contributed by atoms with van der Waals surface area (Å²) in [6.07, 6.45) is 0. The standard InChI is InChI=1S/C45H28N6/c1-4-15-29(16-5-1)43-46-44(30-17-6-2-7-18-30)48-45(47-43)50-35-23-11-10-21-34(35)40-38(50)28-27-33-32-22-14-26-39-41(32)51(42(33)40)37-25-13-12-24-36(37)49(39)31-19-8-3-9-20-31/h1-28H. The van der Waals surface area contributed by atoms with Crippen molar-refractivity contribution < 1.29 is 0 Å². The van der Waals surface area contributed by atoms with Gasteiger partial charge < -0.3 is 9.47 Å². The monoisotopic (exact) mass is 652 g/mol. The zero-order valence-electron chi connectivity index (χ0n) is 27.3. The van der Waals surface area contributed by atoms with Crippen LogP contribution in [0.1, 0.15) is 0 Å². The lowest BCUT2D eigenvalue weighted by atomic mass is 10.1. The Labute approximate surface area is 293 Å². The van der Waals surface area contributed by atoms with Crippen LogP contribution in [0.4, 0.5) is 17.1 Å². The van der Waals surface area contributed by atoms with Crippen LogP contribution < -0.4 is 4.90 Å². The smallest absolute Gasteiger partial charge is 0.238 e. The molecule has 0 fully saturated rings. The molecule has 7 aromatic carbocycles. The van der Waals surface area contributed by atoms with E-state index >= 15 is 0 Å². The van der Waals surface area contributed by atoms with Gasteiger partial charge in [-0.15, -0.1) is 0 Å². The Morgan fingerprint density at radius 1 is 0.353 bits per heavy atom. The Morgan fingerprint density at radius 3 is 1.65 bits per heavy atom. The lowest BCUT2D eigenvalue weighted by molar-refractivity contribution is 0.953. The second-order valence-corrected chi connectivity index (χ2v) is 12.9. The van der Waals surface area contributed by atoms with Gasteiger partial charge >= 0.3 is 0 Å². The highest BCUT2D eigenvalue weighted by Gasteiger charge is 2.30. The van der Waals surface area contributed by atoms with Crippen LogP contribution in [0, 0.1) is 0 Å². The third kappa shape index (κ3) is 4.01. The first-order valence-corrected chi connectivity index (χ1v) is 17.1. The molecule has 0 aliphatic carbocycles. The molecule has 10 aromatic rings. The van der Waals surface area contributed by atoms with Crippen LogP contribution in [0.15, 0.2) is 170 Å². The average molecular weight is 653 g/mol. The maximum Gasteiger partial charge on any atom is 0.238 e. The highest BCUT2D eigenvalue weighted by molar-refractivity contribution is 6.28. The average Bonchev–Trinajstić information content (AvgIpc) is 3.73. The van der Waals surface area contributed by atoms with Gasteiger partial charge in [-0.1, -0.05) is 127 Å². The van der Waals surface area contributed by atoms with Gasteiger partial charge in [-0.2, -0.15) is 9.97 Å². The van der Waals surface area contributed by atoms with E-state index in [-0.39, 0.29) is 0 Å². The third-order valence-corrected chi connectivity index (χ3v) is 10.1. The molecule has 1 aliphatic rings. The second-order valence-electron chi connectivity index (χ2n) is 12.9. The maximum atomic E-state index is 5.17. The predicted molar refractivity (Wildman–Crippen MR) is 208 cm³/mol. The van der Waals surface area contributed by atoms with Gasteiger partial charge in [0.2, 0.25) is 5.95 Å². The van der Waals surface area contributed by atoms with E-state index in [9.17, 15) is 0 Å². The van der Waals surface area contributed by atoms with Crippen molar-refractivity contribution in [2.24, 2.45) is 0 Å². The van der Waals surface area contributed by atoms with E-state index in [1.807, 2.05) is 60.7 Å². The largest absolute Gasteiger partial charge is 0.306 e. The SMILES string of the molecule is c1ccc(-c2nc(-c3ccccc3)nc(-n3c4ccccc4c4c3ccc3c5cccc6c5n(c34)-c3ccccc3N6c3ccccc3)n2)cc1. The first-order valence-electron chi connectivity index (χ1n) is 17.1. The first-order chi connectivity index (χ1) is 25.3. The Morgan fingerprint density at radius 2 is 0.922 bits per heavy atom. The lowest BCUT2D eigenvalue weighted by Crippen LogP contribution is -2.17. The number of fused-ring (bicyclic) bond motifs is 9. The molecular weight excluding hydrogens is 625 g/mol. The van der Waals surface area contributed by atoms with E-state index in [0.717, 1.165) is 55.7 Å². The molecule has 0 amide bonds. The summed E-state index contributed by atoms with van der Waals surface area (Å²) in [7, 11) is 0. The molecule has 0 radical (unpaired) electrons. The molecule has 238 valence electrons. The number of rotatable bonds is 4. The van der Waals surface area contributed by atoms with Gasteiger partial charge in [0.25, 0.3) is 0 Å². The van der Waals surface area contributed by atoms with Crippen LogP contribution in [-0.4, -0.2) is 24.1 Å². The number of nitrogens with zero attached hydrogens (tertiary/aromatic N) is 6. The maximum absolute atomic E-state index is 5.17. The number of para-hydroxylation sites is 5. The van der Waals surface area contributed by atoms with Crippen LogP contribution in [0.5, 0.6) is 0 Å². The van der Waals surface area contributed by atoms with E-state index in [1.54, 1.807) is 0 Å². The summed E-state index contributed by atoms with van der Waals surface area (Å²) in [5, 5.41) is 4.73. The van der Waals surface area contributed by atoms with Crippen molar-refractivity contribution in [2.75, 3.05) is 4.90 Å². The topological polar surface area (TPSA) is 51.8 Å². The van der Waals surface area contributed by atoms with Gasteiger partial charge in [-0.05, 0) is 42.5 Å². The lowest BCUT2D eigenvalue weighted by Gasteiger charge is -2.33. The molecule has 0 saturated carbocycles. The van der Waals surface area contributed by atoms with Crippen molar-refractivity contribution in [2.45, 2.75) is 0 Å². The fraction of sp³-hybridized carbons (Fsp3) is 0. The van der Waals surface area contributed by atoms with Crippen molar-refractivity contribution in [3.05, 3.63) is 170 Å². The number of hydrogen-bond donors (Lipinski definition) is 0. The first kappa shape index (κ1) is 27.9. The number of benzene rings is 7. The van der Waals surface area contributed by atoms with Crippen LogP contribution in [0.3, 0.4) is 0 Å². The van der Waals surface area contributed by atoms with Gasteiger partial charge in [0.15, 0.2) is 11.6 Å². The molecule has 4 heterocycles. The highest BCUT2D eigenvalue weighted by atomic mass is 15.2. The minimum atomic E-state index is 0.583. The number of hydrogen-bond acceptors (Lipinski definition) is 4. The molecule has 6 heteroatoms. The van der Waals surface area contributed by atoms with Crippen molar-refractivity contribution in [1.29, 1.82) is 0 Å². The summed E-state index contributed by atoms with van der Waals surface area (Å²) in [5.74, 6) is 1.85. The molecule has 0 unspecified atom stereocenters. The summed E-state index contributed by atoms with van der Waals surface area (Å²) in [6, 6.07) is 59.5. The summed E-state index contributed by atoms with van der Waals surface area (Å²) in [4.78, 5) is 17.7. The molecular formula is C45H28N6.